The van der Waals surface area contributed by atoms with Crippen molar-refractivity contribution in [1.82, 2.24) is 15.1 Å². The predicted octanol–water partition coefficient (Wildman–Crippen LogP) is 3.17. The normalized spacial score (nSPS) is 27.5. The highest BCUT2D eigenvalue weighted by Gasteiger charge is 2.49. The van der Waals surface area contributed by atoms with Crippen molar-refractivity contribution in [1.29, 1.82) is 5.26 Å². The van der Waals surface area contributed by atoms with E-state index in [2.05, 4.69) is 76.8 Å². The van der Waals surface area contributed by atoms with Gasteiger partial charge in [-0.3, -0.25) is 9.69 Å². The lowest BCUT2D eigenvalue weighted by Crippen LogP contribution is -2.62. The molecular weight excluding hydrogens is 434 g/mol. The maximum atomic E-state index is 12.9. The predicted molar refractivity (Wildman–Crippen MR) is 138 cm³/mol. The van der Waals surface area contributed by atoms with Crippen molar-refractivity contribution >= 4 is 5.91 Å². The molecule has 1 aliphatic heterocycles. The second kappa shape index (κ2) is 10.1. The van der Waals surface area contributed by atoms with E-state index in [4.69, 9.17) is 5.73 Å². The minimum absolute atomic E-state index is 0.160. The average Bonchev–Trinajstić information content (AvgIpc) is 2.85. The Morgan fingerprint density at radius 1 is 1.00 bits per heavy atom. The van der Waals surface area contributed by atoms with Crippen LogP contribution >= 0.6 is 0 Å². The van der Waals surface area contributed by atoms with Gasteiger partial charge in [0.05, 0.1) is 11.6 Å². The van der Waals surface area contributed by atoms with Gasteiger partial charge in [0.15, 0.2) is 0 Å². The molecule has 35 heavy (non-hydrogen) atoms. The Hall–Kier alpha value is -2.72. The van der Waals surface area contributed by atoms with Gasteiger partial charge < -0.3 is 16.0 Å². The van der Waals surface area contributed by atoms with Crippen LogP contribution in [-0.2, 0) is 17.8 Å². The van der Waals surface area contributed by atoms with Crippen molar-refractivity contribution in [3.63, 3.8) is 0 Å². The number of nitrogens with zero attached hydrogens (tertiary/aromatic N) is 3. The van der Waals surface area contributed by atoms with Gasteiger partial charge >= 0.3 is 0 Å². The maximum absolute atomic E-state index is 12.9. The van der Waals surface area contributed by atoms with Gasteiger partial charge in [-0.25, -0.2) is 0 Å². The number of hydrogen-bond donors (Lipinski definition) is 2. The number of fused-ring (bicyclic) bond motifs is 2. The molecule has 3 aliphatic carbocycles. The number of rotatable bonds is 7. The highest BCUT2D eigenvalue weighted by atomic mass is 16.2. The van der Waals surface area contributed by atoms with Gasteiger partial charge in [0.2, 0.25) is 5.91 Å². The lowest BCUT2D eigenvalue weighted by Gasteiger charge is -2.49. The fourth-order valence-electron chi connectivity index (χ4n) is 6.07. The van der Waals surface area contributed by atoms with Crippen LogP contribution in [0.2, 0.25) is 0 Å². The SMILES string of the molecule is CN1CCN(Cc2ccc(-c3ccc(CC(C#N)NC(=O)C4(N)CC5CC(C5)C4)cc3)cc2)CC1. The molecule has 1 amide bonds. The molecular formula is C29H37N5O. The molecule has 2 aromatic rings. The smallest absolute Gasteiger partial charge is 0.241 e. The first-order chi connectivity index (χ1) is 16.9. The number of benzene rings is 2. The zero-order chi connectivity index (χ0) is 24.4. The maximum Gasteiger partial charge on any atom is 0.241 e. The van der Waals surface area contributed by atoms with E-state index in [9.17, 15) is 10.1 Å². The lowest BCUT2D eigenvalue weighted by molar-refractivity contribution is -0.131. The summed E-state index contributed by atoms with van der Waals surface area (Å²) in [5, 5.41) is 12.6. The molecule has 6 heteroatoms. The number of nitrogens with two attached hydrogens (primary N) is 1. The summed E-state index contributed by atoms with van der Waals surface area (Å²) in [5.74, 6) is 1.00. The van der Waals surface area contributed by atoms with E-state index in [1.54, 1.807) is 0 Å². The van der Waals surface area contributed by atoms with Crippen LogP contribution in [0.15, 0.2) is 48.5 Å². The van der Waals surface area contributed by atoms with E-state index in [0.717, 1.165) is 56.7 Å². The fraction of sp³-hybridized carbons (Fsp3) is 0.517. The van der Waals surface area contributed by atoms with Crippen LogP contribution < -0.4 is 11.1 Å². The number of likely N-dealkylation sites (N-methyl/N-ethyl adjacent to an activating group) is 1. The van der Waals surface area contributed by atoms with Crippen molar-refractivity contribution in [2.75, 3.05) is 33.2 Å². The monoisotopic (exact) mass is 471 g/mol. The molecule has 1 saturated heterocycles. The first-order valence-electron chi connectivity index (χ1n) is 13.0. The molecule has 0 radical (unpaired) electrons. The van der Waals surface area contributed by atoms with Gasteiger partial charge in [0.25, 0.3) is 0 Å². The summed E-state index contributed by atoms with van der Waals surface area (Å²) >= 11 is 0. The number of carbonyl (C=O) groups is 1. The topological polar surface area (TPSA) is 85.4 Å². The Balaban J connectivity index is 1.15. The molecule has 1 atom stereocenters. The van der Waals surface area contributed by atoms with Crippen molar-refractivity contribution < 1.29 is 4.79 Å². The first-order valence-corrected chi connectivity index (χ1v) is 13.0. The number of nitrogens with one attached hydrogen (secondary N) is 1. The molecule has 4 aliphatic rings. The summed E-state index contributed by atoms with van der Waals surface area (Å²) in [4.78, 5) is 17.7. The molecule has 0 aromatic heterocycles. The Morgan fingerprint density at radius 3 is 2.09 bits per heavy atom. The molecule has 2 bridgehead atoms. The van der Waals surface area contributed by atoms with Gasteiger partial charge in [-0.15, -0.1) is 0 Å². The number of nitriles is 1. The second-order valence-electron chi connectivity index (χ2n) is 11.1. The molecule has 1 heterocycles. The molecule has 184 valence electrons. The van der Waals surface area contributed by atoms with Gasteiger partial charge in [-0.2, -0.15) is 5.26 Å². The molecule has 3 saturated carbocycles. The Bertz CT molecular complexity index is 1050. The summed E-state index contributed by atoms with van der Waals surface area (Å²) in [6.45, 7) is 5.51. The third-order valence-electron chi connectivity index (χ3n) is 8.24. The van der Waals surface area contributed by atoms with Gasteiger partial charge in [-0.05, 0) is 66.8 Å². The summed E-state index contributed by atoms with van der Waals surface area (Å²) in [7, 11) is 2.18. The van der Waals surface area contributed by atoms with Crippen molar-refractivity contribution in [2.45, 2.75) is 50.2 Å². The minimum atomic E-state index is -0.804. The summed E-state index contributed by atoms with van der Waals surface area (Å²) < 4.78 is 0. The van der Waals surface area contributed by atoms with Crippen LogP contribution in [0.5, 0.6) is 0 Å². The van der Waals surface area contributed by atoms with E-state index in [0.29, 0.717) is 18.3 Å². The minimum Gasteiger partial charge on any atom is -0.338 e. The summed E-state index contributed by atoms with van der Waals surface area (Å²) in [6, 6.07) is 18.8. The lowest BCUT2D eigenvalue weighted by atomic mass is 9.58. The zero-order valence-electron chi connectivity index (χ0n) is 20.7. The van der Waals surface area contributed by atoms with E-state index >= 15 is 0 Å². The largest absolute Gasteiger partial charge is 0.338 e. The molecule has 0 spiro atoms. The quantitative estimate of drug-likeness (QED) is 0.648. The van der Waals surface area contributed by atoms with Crippen molar-refractivity contribution in [3.05, 3.63) is 59.7 Å². The van der Waals surface area contributed by atoms with Crippen LogP contribution in [0.4, 0.5) is 0 Å². The number of amides is 1. The summed E-state index contributed by atoms with van der Waals surface area (Å²) in [5.41, 5.74) is 10.4. The summed E-state index contributed by atoms with van der Waals surface area (Å²) in [6.07, 6.45) is 4.39. The molecule has 4 fully saturated rings. The molecule has 2 aromatic carbocycles. The molecule has 3 N–H and O–H groups in total. The van der Waals surface area contributed by atoms with Gasteiger partial charge in [0.1, 0.15) is 6.04 Å². The van der Waals surface area contributed by atoms with Crippen LogP contribution in [-0.4, -0.2) is 60.5 Å². The van der Waals surface area contributed by atoms with Crippen LogP contribution in [0.1, 0.15) is 36.8 Å². The number of piperazine rings is 1. The zero-order valence-corrected chi connectivity index (χ0v) is 20.7. The third kappa shape index (κ3) is 5.59. The van der Waals surface area contributed by atoms with Crippen molar-refractivity contribution in [3.8, 4) is 17.2 Å². The van der Waals surface area contributed by atoms with E-state index in [1.165, 1.54) is 24.0 Å². The fourth-order valence-corrected chi connectivity index (χ4v) is 6.07. The first kappa shape index (κ1) is 24.0. The molecule has 6 rings (SSSR count). The number of carbonyl (C=O) groups excluding carboxylic acids is 1. The van der Waals surface area contributed by atoms with Gasteiger partial charge in [-0.1, -0.05) is 48.5 Å². The molecule has 6 nitrogen and oxygen atoms in total. The second-order valence-corrected chi connectivity index (χ2v) is 11.1. The van der Waals surface area contributed by atoms with E-state index in [-0.39, 0.29) is 5.91 Å². The Labute approximate surface area is 209 Å². The Morgan fingerprint density at radius 2 is 1.54 bits per heavy atom. The van der Waals surface area contributed by atoms with Gasteiger partial charge in [0, 0.05) is 39.1 Å². The average molecular weight is 472 g/mol. The highest BCUT2D eigenvalue weighted by molar-refractivity contribution is 5.87. The van der Waals surface area contributed by atoms with Crippen molar-refractivity contribution in [2.24, 2.45) is 17.6 Å². The van der Waals surface area contributed by atoms with E-state index in [1.807, 2.05) is 0 Å². The van der Waals surface area contributed by atoms with Crippen LogP contribution in [0.25, 0.3) is 11.1 Å². The molecule has 1 unspecified atom stereocenters. The Kier molecular flexibility index (Phi) is 6.93. The number of hydrogen-bond acceptors (Lipinski definition) is 5. The van der Waals surface area contributed by atoms with E-state index < -0.39 is 11.6 Å². The van der Waals surface area contributed by atoms with Crippen LogP contribution in [0.3, 0.4) is 0 Å². The third-order valence-corrected chi connectivity index (χ3v) is 8.24. The highest BCUT2D eigenvalue weighted by Crippen LogP contribution is 2.49. The standard InChI is InChI=1S/C29H37N5O/c1-33-10-12-34(13-11-33)20-22-4-8-26(9-5-22)25-6-2-21(3-7-25)16-27(19-30)32-28(35)29(31)17-23-14-24(15-23)18-29/h2-9,23-24,27H,10-18,20,31H2,1H3,(H,32,35). The van der Waals surface area contributed by atoms with Crippen LogP contribution in [0, 0.1) is 23.2 Å².